The third kappa shape index (κ3) is 8.72. The number of benzene rings is 1. The van der Waals surface area contributed by atoms with Gasteiger partial charge in [0.25, 0.3) is 11.5 Å². The normalized spacial score (nSPS) is 17.1. The molecule has 1 aromatic carbocycles. The minimum Gasteiger partial charge on any atom is -0.463 e. The number of aromatic nitrogens is 1. The van der Waals surface area contributed by atoms with Crippen LogP contribution in [0.15, 0.2) is 65.6 Å². The van der Waals surface area contributed by atoms with Crippen LogP contribution >= 0.6 is 0 Å². The third-order valence-electron chi connectivity index (χ3n) is 6.50. The van der Waals surface area contributed by atoms with E-state index in [9.17, 15) is 24.0 Å². The summed E-state index contributed by atoms with van der Waals surface area (Å²) < 4.78 is 11.6. The minimum absolute atomic E-state index is 0.0248. The fourth-order valence-electron chi connectivity index (χ4n) is 4.39. The number of amides is 2. The molecule has 2 heterocycles. The maximum Gasteiger partial charge on any atom is 0.330 e. The van der Waals surface area contributed by atoms with Crippen LogP contribution in [0.1, 0.15) is 37.8 Å². The Bertz CT molecular complexity index is 1240. The molecule has 2 aromatic rings. The first-order chi connectivity index (χ1) is 19.4. The maximum absolute atomic E-state index is 13.7. The van der Waals surface area contributed by atoms with Gasteiger partial charge in [-0.05, 0) is 43.9 Å². The molecule has 1 aliphatic heterocycles. The van der Waals surface area contributed by atoms with Crippen LogP contribution in [-0.4, -0.2) is 60.5 Å². The molecule has 1 unspecified atom stereocenters. The van der Waals surface area contributed by atoms with E-state index in [1.807, 2.05) is 30.3 Å². The lowest BCUT2D eigenvalue weighted by molar-refractivity contribution is -0.137. The standard InChI is InChI=1S/C29H36N4O7/c1-2-39-26(35)13-12-22(16-21(18-30)19-34)31-27(36)24(17-20-8-4-3-5-9-20)33-14-6-10-23(29(33)38)32-28(37)25-11-7-15-40-25/h3-6,8-10,12-14,19,21-22,24-25H,2,7,11,15-18,30H2,1H3,(H,31,36)(H,32,37)/b13-12+/t21?,22-,24+,25-/m1/s1. The number of aldehydes is 1. The van der Waals surface area contributed by atoms with Gasteiger partial charge in [-0.3, -0.25) is 14.4 Å². The molecule has 4 N–H and O–H groups in total. The zero-order chi connectivity index (χ0) is 28.9. The molecule has 0 radical (unpaired) electrons. The molecule has 0 spiro atoms. The second-order valence-electron chi connectivity index (χ2n) is 9.42. The monoisotopic (exact) mass is 552 g/mol. The minimum atomic E-state index is -1.01. The highest BCUT2D eigenvalue weighted by Crippen LogP contribution is 2.18. The summed E-state index contributed by atoms with van der Waals surface area (Å²) in [6.07, 6.45) is 5.82. The molecule has 214 valence electrons. The second-order valence-corrected chi connectivity index (χ2v) is 9.42. The highest BCUT2D eigenvalue weighted by molar-refractivity contribution is 5.94. The Morgan fingerprint density at radius 1 is 1.20 bits per heavy atom. The molecular formula is C29H36N4O7. The number of nitrogens with two attached hydrogens (primary N) is 1. The smallest absolute Gasteiger partial charge is 0.330 e. The van der Waals surface area contributed by atoms with Crippen molar-refractivity contribution >= 4 is 29.8 Å². The average Bonchev–Trinajstić information content (AvgIpc) is 3.50. The first kappa shape index (κ1) is 30.5. The van der Waals surface area contributed by atoms with Crippen LogP contribution in [0.25, 0.3) is 0 Å². The van der Waals surface area contributed by atoms with Gasteiger partial charge in [0.05, 0.1) is 6.61 Å². The van der Waals surface area contributed by atoms with Crippen LogP contribution in [0, 0.1) is 5.92 Å². The van der Waals surface area contributed by atoms with Crippen LogP contribution in [0.4, 0.5) is 5.69 Å². The molecule has 3 rings (SSSR count). The Hall–Kier alpha value is -4.09. The van der Waals surface area contributed by atoms with Crippen molar-refractivity contribution in [3.63, 3.8) is 0 Å². The van der Waals surface area contributed by atoms with Gasteiger partial charge in [-0.2, -0.15) is 0 Å². The average molecular weight is 553 g/mol. The quantitative estimate of drug-likeness (QED) is 0.181. The molecule has 2 amide bonds. The molecule has 1 fully saturated rings. The largest absolute Gasteiger partial charge is 0.463 e. The van der Waals surface area contributed by atoms with Crippen molar-refractivity contribution in [2.75, 3.05) is 25.1 Å². The molecule has 1 saturated heterocycles. The molecule has 1 aromatic heterocycles. The van der Waals surface area contributed by atoms with E-state index in [1.165, 1.54) is 29.0 Å². The molecule has 0 aliphatic carbocycles. The van der Waals surface area contributed by atoms with Crippen molar-refractivity contribution in [3.05, 3.63) is 76.7 Å². The van der Waals surface area contributed by atoms with Crippen molar-refractivity contribution in [3.8, 4) is 0 Å². The number of ether oxygens (including phenoxy) is 2. The van der Waals surface area contributed by atoms with Crippen molar-refractivity contribution in [2.45, 2.75) is 50.8 Å². The van der Waals surface area contributed by atoms with E-state index in [4.69, 9.17) is 15.2 Å². The van der Waals surface area contributed by atoms with Crippen molar-refractivity contribution in [1.29, 1.82) is 0 Å². The lowest BCUT2D eigenvalue weighted by Crippen LogP contribution is -2.44. The van der Waals surface area contributed by atoms with E-state index < -0.39 is 47.4 Å². The number of esters is 1. The van der Waals surface area contributed by atoms with E-state index >= 15 is 0 Å². The summed E-state index contributed by atoms with van der Waals surface area (Å²) in [4.78, 5) is 63.2. The van der Waals surface area contributed by atoms with Gasteiger partial charge >= 0.3 is 5.97 Å². The van der Waals surface area contributed by atoms with E-state index in [0.29, 0.717) is 19.3 Å². The van der Waals surface area contributed by atoms with Crippen molar-refractivity contribution in [1.82, 2.24) is 9.88 Å². The van der Waals surface area contributed by atoms with Gasteiger partial charge in [-0.25, -0.2) is 4.79 Å². The van der Waals surface area contributed by atoms with E-state index in [1.54, 1.807) is 13.0 Å². The summed E-state index contributed by atoms with van der Waals surface area (Å²) in [6, 6.07) is 10.5. The summed E-state index contributed by atoms with van der Waals surface area (Å²) in [5, 5.41) is 5.48. The van der Waals surface area contributed by atoms with Crippen LogP contribution in [0.3, 0.4) is 0 Å². The van der Waals surface area contributed by atoms with E-state index in [2.05, 4.69) is 10.6 Å². The summed E-state index contributed by atoms with van der Waals surface area (Å²) in [5.41, 5.74) is 5.96. The number of rotatable bonds is 14. The lowest BCUT2D eigenvalue weighted by atomic mass is 9.99. The Morgan fingerprint density at radius 3 is 2.62 bits per heavy atom. The summed E-state index contributed by atoms with van der Waals surface area (Å²) in [6.45, 7) is 2.40. The maximum atomic E-state index is 13.7. The SMILES string of the molecule is CCOC(=O)/C=C/[C@H](CC(C=O)CN)NC(=O)[C@H](Cc1ccccc1)n1cccc(NC(=O)[C@H]2CCCO2)c1=O. The van der Waals surface area contributed by atoms with Gasteiger partial charge in [-0.1, -0.05) is 36.4 Å². The molecule has 0 saturated carbocycles. The Kier molecular flexibility index (Phi) is 11.8. The topological polar surface area (TPSA) is 159 Å². The van der Waals surface area contributed by atoms with Gasteiger partial charge in [0, 0.05) is 43.8 Å². The van der Waals surface area contributed by atoms with Gasteiger partial charge in [0.2, 0.25) is 5.91 Å². The van der Waals surface area contributed by atoms with Crippen LogP contribution in [0.5, 0.6) is 0 Å². The highest BCUT2D eigenvalue weighted by Gasteiger charge is 2.28. The summed E-state index contributed by atoms with van der Waals surface area (Å²) in [7, 11) is 0. The predicted molar refractivity (Wildman–Crippen MR) is 148 cm³/mol. The molecular weight excluding hydrogens is 516 g/mol. The Balaban J connectivity index is 1.92. The number of carbonyl (C=O) groups excluding carboxylic acids is 4. The molecule has 0 bridgehead atoms. The third-order valence-corrected chi connectivity index (χ3v) is 6.50. The molecule has 11 heteroatoms. The van der Waals surface area contributed by atoms with Crippen molar-refractivity contribution < 1.29 is 28.7 Å². The van der Waals surface area contributed by atoms with Crippen LogP contribution in [-0.2, 0) is 35.1 Å². The summed E-state index contributed by atoms with van der Waals surface area (Å²) in [5.74, 6) is -2.09. The molecule has 40 heavy (non-hydrogen) atoms. The first-order valence-corrected chi connectivity index (χ1v) is 13.3. The summed E-state index contributed by atoms with van der Waals surface area (Å²) >= 11 is 0. The number of nitrogens with one attached hydrogen (secondary N) is 2. The van der Waals surface area contributed by atoms with E-state index in [0.717, 1.165) is 12.0 Å². The molecule has 11 nitrogen and oxygen atoms in total. The lowest BCUT2D eigenvalue weighted by Gasteiger charge is -2.24. The fraction of sp³-hybridized carbons (Fsp3) is 0.414. The number of hydrogen-bond donors (Lipinski definition) is 3. The Labute approximate surface area is 232 Å². The predicted octanol–water partition coefficient (Wildman–Crippen LogP) is 1.52. The zero-order valence-electron chi connectivity index (χ0n) is 22.5. The number of anilines is 1. The van der Waals surface area contributed by atoms with Gasteiger partial charge in [0.1, 0.15) is 24.1 Å². The molecule has 4 atom stereocenters. The number of hydrogen-bond acceptors (Lipinski definition) is 8. The van der Waals surface area contributed by atoms with Crippen LogP contribution in [0.2, 0.25) is 0 Å². The fourth-order valence-corrected chi connectivity index (χ4v) is 4.39. The van der Waals surface area contributed by atoms with Gasteiger partial charge in [-0.15, -0.1) is 0 Å². The number of carbonyl (C=O) groups is 4. The second kappa shape index (κ2) is 15.5. The highest BCUT2D eigenvalue weighted by atomic mass is 16.5. The van der Waals surface area contributed by atoms with Gasteiger partial charge in [0.15, 0.2) is 0 Å². The first-order valence-electron chi connectivity index (χ1n) is 13.3. The molecule has 1 aliphatic rings. The van der Waals surface area contributed by atoms with E-state index in [-0.39, 0.29) is 31.7 Å². The van der Waals surface area contributed by atoms with Crippen molar-refractivity contribution in [2.24, 2.45) is 11.7 Å². The zero-order valence-corrected chi connectivity index (χ0v) is 22.5. The Morgan fingerprint density at radius 2 is 1.98 bits per heavy atom. The number of pyridine rings is 1. The van der Waals surface area contributed by atoms with Crippen LogP contribution < -0.4 is 21.9 Å². The van der Waals surface area contributed by atoms with Gasteiger partial charge < -0.3 is 35.2 Å². The number of nitrogens with zero attached hydrogens (tertiary/aromatic N) is 1.